The van der Waals surface area contributed by atoms with Crippen molar-refractivity contribution < 1.29 is 13.2 Å². The fourth-order valence-corrected chi connectivity index (χ4v) is 3.70. The molecule has 0 unspecified atom stereocenters. The van der Waals surface area contributed by atoms with Crippen LogP contribution in [0.5, 0.6) is 0 Å². The van der Waals surface area contributed by atoms with Gasteiger partial charge in [-0.25, -0.2) is 8.42 Å². The van der Waals surface area contributed by atoms with E-state index in [0.717, 1.165) is 15.8 Å². The van der Waals surface area contributed by atoms with Crippen LogP contribution in [0.4, 0.5) is 0 Å². The molecule has 0 saturated carbocycles. The second kappa shape index (κ2) is 6.69. The Labute approximate surface area is 135 Å². The van der Waals surface area contributed by atoms with Gasteiger partial charge in [0.25, 0.3) is 15.9 Å². The van der Waals surface area contributed by atoms with Crippen molar-refractivity contribution in [3.63, 3.8) is 0 Å². The van der Waals surface area contributed by atoms with E-state index in [9.17, 15) is 13.2 Å². The molecule has 1 heterocycles. The quantitative estimate of drug-likeness (QED) is 0.773. The summed E-state index contributed by atoms with van der Waals surface area (Å²) in [6, 6.07) is 9.83. The van der Waals surface area contributed by atoms with Crippen LogP contribution in [0.1, 0.15) is 22.2 Å². The van der Waals surface area contributed by atoms with Gasteiger partial charge in [-0.1, -0.05) is 19.1 Å². The molecule has 2 rings (SSSR count). The van der Waals surface area contributed by atoms with Crippen molar-refractivity contribution in [3.05, 3.63) is 50.6 Å². The van der Waals surface area contributed by atoms with Crippen molar-refractivity contribution in [1.82, 2.24) is 10.3 Å². The number of nitrogens with one attached hydrogen (secondary N) is 2. The van der Waals surface area contributed by atoms with Gasteiger partial charge in [-0.05, 0) is 52.2 Å². The van der Waals surface area contributed by atoms with Gasteiger partial charge in [0.05, 0.1) is 13.6 Å². The molecule has 2 N–H and O–H groups in total. The van der Waals surface area contributed by atoms with E-state index in [4.69, 9.17) is 0 Å². The zero-order valence-electron chi connectivity index (χ0n) is 11.1. The lowest BCUT2D eigenvalue weighted by molar-refractivity contribution is 0.0949. The van der Waals surface area contributed by atoms with E-state index >= 15 is 0 Å². The number of rotatable bonds is 5. The minimum atomic E-state index is -3.77. The molecule has 0 aliphatic carbocycles. The third kappa shape index (κ3) is 4.13. The smallest absolute Gasteiger partial charge is 0.273 e. The van der Waals surface area contributed by atoms with Crippen LogP contribution in [-0.2, 0) is 16.4 Å². The van der Waals surface area contributed by atoms with E-state index < -0.39 is 15.9 Å². The molecule has 0 saturated heterocycles. The maximum Gasteiger partial charge on any atom is 0.276 e. The molecule has 5 nitrogen and oxygen atoms in total. The molecular weight excluding hydrogens is 376 g/mol. The predicted octanol–water partition coefficient (Wildman–Crippen LogP) is 2.70. The number of carbonyl (C=O) groups excluding carboxylic acids is 1. The summed E-state index contributed by atoms with van der Waals surface area (Å²) in [5.41, 5.74) is 3.24. The summed E-state index contributed by atoms with van der Waals surface area (Å²) in [4.78, 5) is 14.4. The van der Waals surface area contributed by atoms with Crippen LogP contribution in [0.15, 0.2) is 45.1 Å². The molecule has 0 fully saturated rings. The lowest BCUT2D eigenvalue weighted by Gasteiger charge is -2.08. The van der Waals surface area contributed by atoms with Gasteiger partial charge in [0.15, 0.2) is 0 Å². The highest BCUT2D eigenvalue weighted by Crippen LogP contribution is 2.21. The van der Waals surface area contributed by atoms with Gasteiger partial charge in [-0.3, -0.25) is 10.2 Å². The Morgan fingerprint density at radius 2 is 1.86 bits per heavy atom. The zero-order valence-corrected chi connectivity index (χ0v) is 14.3. The minimum absolute atomic E-state index is 0.104. The molecular formula is C13H13BrN2O3S2. The van der Waals surface area contributed by atoms with Crippen molar-refractivity contribution >= 4 is 43.2 Å². The van der Waals surface area contributed by atoms with Crippen molar-refractivity contribution in [2.45, 2.75) is 18.2 Å². The number of sulfonamides is 1. The zero-order chi connectivity index (χ0) is 15.5. The normalized spacial score (nSPS) is 11.3. The Kier molecular flexibility index (Phi) is 5.15. The number of hydrogen-bond acceptors (Lipinski definition) is 4. The van der Waals surface area contributed by atoms with Crippen LogP contribution in [0.2, 0.25) is 0 Å². The van der Waals surface area contributed by atoms with E-state index in [1.807, 2.05) is 6.92 Å². The summed E-state index contributed by atoms with van der Waals surface area (Å²) in [7, 11) is -3.77. The van der Waals surface area contributed by atoms with Crippen molar-refractivity contribution in [2.24, 2.45) is 0 Å². The highest BCUT2D eigenvalue weighted by molar-refractivity contribution is 9.11. The van der Waals surface area contributed by atoms with Crippen LogP contribution < -0.4 is 10.3 Å². The van der Waals surface area contributed by atoms with E-state index in [1.54, 1.807) is 24.3 Å². The summed E-state index contributed by atoms with van der Waals surface area (Å²) >= 11 is 4.46. The van der Waals surface area contributed by atoms with Gasteiger partial charge in [0, 0.05) is 0 Å². The van der Waals surface area contributed by atoms with Gasteiger partial charge in [0.1, 0.15) is 0 Å². The maximum absolute atomic E-state index is 12.0. The molecule has 0 aliphatic heterocycles. The Hall–Kier alpha value is -1.22. The van der Waals surface area contributed by atoms with Gasteiger partial charge < -0.3 is 0 Å². The molecule has 2 aromatic rings. The molecule has 8 heteroatoms. The molecule has 112 valence electrons. The largest absolute Gasteiger partial charge is 0.276 e. The number of halogens is 1. The molecule has 1 amide bonds. The number of thiophene rings is 1. The highest BCUT2D eigenvalue weighted by atomic mass is 79.9. The third-order valence-corrected chi connectivity index (χ3v) is 5.62. The first kappa shape index (κ1) is 16.2. The molecule has 0 atom stereocenters. The van der Waals surface area contributed by atoms with E-state index in [0.29, 0.717) is 4.88 Å². The molecule has 21 heavy (non-hydrogen) atoms. The van der Waals surface area contributed by atoms with Crippen molar-refractivity contribution in [2.75, 3.05) is 0 Å². The first-order valence-electron chi connectivity index (χ1n) is 6.09. The molecule has 0 aliphatic rings. The summed E-state index contributed by atoms with van der Waals surface area (Å²) in [5.74, 6) is -0.501. The Balaban J connectivity index is 2.05. The Bertz CT molecular complexity index is 739. The SMILES string of the molecule is CCc1ccc(S(=O)(=O)NNC(=O)c2ccc(Br)s2)cc1. The second-order valence-corrected chi connectivity index (χ2v) is 8.31. The number of benzene rings is 1. The van der Waals surface area contributed by atoms with Crippen LogP contribution in [0, 0.1) is 0 Å². The van der Waals surface area contributed by atoms with Gasteiger partial charge >= 0.3 is 0 Å². The molecule has 0 radical (unpaired) electrons. The first-order valence-corrected chi connectivity index (χ1v) is 9.18. The topological polar surface area (TPSA) is 75.3 Å². The highest BCUT2D eigenvalue weighted by Gasteiger charge is 2.16. The lowest BCUT2D eigenvalue weighted by Crippen LogP contribution is -2.41. The molecule has 0 bridgehead atoms. The first-order chi connectivity index (χ1) is 9.92. The average molecular weight is 389 g/mol. The lowest BCUT2D eigenvalue weighted by atomic mass is 10.2. The fourth-order valence-electron chi connectivity index (χ4n) is 1.57. The number of carbonyl (C=O) groups is 1. The summed E-state index contributed by atoms with van der Waals surface area (Å²) in [6.45, 7) is 1.99. The maximum atomic E-state index is 12.0. The molecule has 1 aromatic carbocycles. The average Bonchev–Trinajstić information content (AvgIpc) is 2.91. The van der Waals surface area contributed by atoms with E-state index in [1.165, 1.54) is 23.5 Å². The standard InChI is InChI=1S/C13H13BrN2O3S2/c1-2-9-3-5-10(6-4-9)21(18,19)16-15-13(17)11-7-8-12(14)20-11/h3-8,16H,2H2,1H3,(H,15,17). The minimum Gasteiger partial charge on any atom is -0.273 e. The molecule has 0 spiro atoms. The summed E-state index contributed by atoms with van der Waals surface area (Å²) < 4.78 is 24.9. The van der Waals surface area contributed by atoms with Crippen LogP contribution in [-0.4, -0.2) is 14.3 Å². The third-order valence-electron chi connectivity index (χ3n) is 2.74. The van der Waals surface area contributed by atoms with Crippen molar-refractivity contribution in [3.8, 4) is 0 Å². The molecule has 1 aromatic heterocycles. The number of hydrazine groups is 1. The monoisotopic (exact) mass is 388 g/mol. The summed E-state index contributed by atoms with van der Waals surface area (Å²) in [6.07, 6.45) is 0.831. The predicted molar refractivity (Wildman–Crippen MR) is 85.6 cm³/mol. The van der Waals surface area contributed by atoms with Crippen LogP contribution in [0.25, 0.3) is 0 Å². The fraction of sp³-hybridized carbons (Fsp3) is 0.154. The summed E-state index contributed by atoms with van der Waals surface area (Å²) in [5, 5.41) is 0. The van der Waals surface area contributed by atoms with E-state index in [-0.39, 0.29) is 4.90 Å². The van der Waals surface area contributed by atoms with Crippen LogP contribution in [0.3, 0.4) is 0 Å². The Morgan fingerprint density at radius 3 is 2.38 bits per heavy atom. The number of amides is 1. The number of hydrogen-bond donors (Lipinski definition) is 2. The van der Waals surface area contributed by atoms with Gasteiger partial charge in [-0.15, -0.1) is 16.2 Å². The van der Waals surface area contributed by atoms with Gasteiger partial charge in [0.2, 0.25) is 0 Å². The second-order valence-electron chi connectivity index (χ2n) is 4.16. The van der Waals surface area contributed by atoms with Crippen molar-refractivity contribution in [1.29, 1.82) is 0 Å². The Morgan fingerprint density at radius 1 is 1.19 bits per heavy atom. The van der Waals surface area contributed by atoms with E-state index in [2.05, 4.69) is 26.2 Å². The number of aryl methyl sites for hydroxylation is 1. The van der Waals surface area contributed by atoms with Gasteiger partial charge in [-0.2, -0.15) is 0 Å². The van der Waals surface area contributed by atoms with Crippen LogP contribution >= 0.6 is 27.3 Å².